The van der Waals surface area contributed by atoms with E-state index in [1.54, 1.807) is 0 Å². The molecular weight excluding hydrogens is 476 g/mol. The number of ether oxygens (including phenoxy) is 1. The van der Waals surface area contributed by atoms with Gasteiger partial charge in [-0.15, -0.1) is 0 Å². The van der Waals surface area contributed by atoms with Crippen LogP contribution in [0.5, 0.6) is 0 Å². The van der Waals surface area contributed by atoms with Gasteiger partial charge in [0.25, 0.3) is 0 Å². The molecule has 218 valence electrons. The third kappa shape index (κ3) is 14.8. The number of hydrogen-bond donors (Lipinski definition) is 1. The Labute approximate surface area is 233 Å². The number of alkyl carbamates (subject to hydrolysis) is 1. The Hall–Kier alpha value is -2.08. The van der Waals surface area contributed by atoms with Crippen LogP contribution in [0, 0.1) is 11.8 Å². The highest BCUT2D eigenvalue weighted by Gasteiger charge is 2.25. The van der Waals surface area contributed by atoms with Gasteiger partial charge in [0.1, 0.15) is 6.61 Å². The van der Waals surface area contributed by atoms with E-state index in [1.807, 2.05) is 30.3 Å². The van der Waals surface area contributed by atoms with Gasteiger partial charge in [-0.1, -0.05) is 83.7 Å². The fourth-order valence-corrected chi connectivity index (χ4v) is 5.25. The van der Waals surface area contributed by atoms with E-state index in [4.69, 9.17) is 4.74 Å². The van der Waals surface area contributed by atoms with Gasteiger partial charge >= 0.3 is 6.09 Å². The van der Waals surface area contributed by atoms with Gasteiger partial charge in [0.15, 0.2) is 0 Å². The fourth-order valence-electron chi connectivity index (χ4n) is 5.25. The topological polar surface area (TPSA) is 78.5 Å². The molecule has 0 spiro atoms. The molecule has 1 saturated carbocycles. The van der Waals surface area contributed by atoms with Crippen LogP contribution in [0.1, 0.15) is 110 Å². The van der Waals surface area contributed by atoms with Gasteiger partial charge in [-0.05, 0) is 68.8 Å². The first-order valence-corrected chi connectivity index (χ1v) is 15.4. The molecule has 0 radical (unpaired) electrons. The second-order valence-corrected chi connectivity index (χ2v) is 11.1. The molecule has 0 atom stereocenters. The molecule has 1 aromatic carbocycles. The number of aliphatic carboxylic acids is 1. The lowest BCUT2D eigenvalue weighted by Gasteiger charge is -2.39. The molecule has 0 aromatic heterocycles. The summed E-state index contributed by atoms with van der Waals surface area (Å²) in [6, 6.07) is 9.49. The van der Waals surface area contributed by atoms with Crippen molar-refractivity contribution in [2.24, 2.45) is 11.8 Å². The molecule has 0 bridgehead atoms. The maximum absolute atomic E-state index is 11.6. The molecular formula is C32H56N2O4. The van der Waals surface area contributed by atoms with Crippen LogP contribution in [0.3, 0.4) is 0 Å². The third-order valence-corrected chi connectivity index (χ3v) is 7.87. The Morgan fingerprint density at radius 2 is 1.29 bits per heavy atom. The van der Waals surface area contributed by atoms with Crippen molar-refractivity contribution in [1.29, 1.82) is 0 Å². The summed E-state index contributed by atoms with van der Waals surface area (Å²) in [7, 11) is 0. The predicted molar refractivity (Wildman–Crippen MR) is 154 cm³/mol. The minimum atomic E-state index is -0.955. The van der Waals surface area contributed by atoms with Gasteiger partial charge in [0.2, 0.25) is 0 Å². The Morgan fingerprint density at radius 1 is 0.816 bits per heavy atom. The number of carboxylic acids is 1. The fraction of sp³-hybridized carbons (Fsp3) is 0.750. The van der Waals surface area contributed by atoms with Gasteiger partial charge in [0.05, 0.1) is 26.2 Å². The number of unbranched alkanes of at least 4 members (excludes halogenated alkanes) is 4. The number of carbonyl (C=O) groups excluding carboxylic acids is 2. The molecule has 0 unspecified atom stereocenters. The average Bonchev–Trinajstić information content (AvgIpc) is 2.95. The lowest BCUT2D eigenvalue weighted by molar-refractivity contribution is -0.929. The maximum Gasteiger partial charge on any atom is 0.407 e. The standard InChI is InChI=1S/C16H21NO4.C16H36N/c18-15(19)14-8-6-12(7-9-14)10-17-16(20)21-11-13-4-2-1-3-5-13;1-5-9-13-17(14-10-6-2,15-11-7-3)16-12-8-4/h1-5,12,14H,6-11H2,(H,17,20)(H,18,19);5-16H2,1-4H3/q;+1/p-1. The molecule has 0 saturated heterocycles. The summed E-state index contributed by atoms with van der Waals surface area (Å²) < 4.78 is 6.54. The number of carboxylic acid groups (broad SMARTS) is 1. The molecule has 1 amide bonds. The predicted octanol–water partition coefficient (Wildman–Crippen LogP) is 6.47. The summed E-state index contributed by atoms with van der Waals surface area (Å²) in [5, 5.41) is 13.5. The molecule has 6 heteroatoms. The number of amides is 1. The number of rotatable bonds is 17. The zero-order valence-electron chi connectivity index (χ0n) is 24.8. The van der Waals surface area contributed by atoms with E-state index in [9.17, 15) is 14.7 Å². The van der Waals surface area contributed by atoms with Crippen molar-refractivity contribution in [2.45, 2.75) is 111 Å². The summed E-state index contributed by atoms with van der Waals surface area (Å²) >= 11 is 0. The van der Waals surface area contributed by atoms with Crippen molar-refractivity contribution in [2.75, 3.05) is 32.7 Å². The average molecular weight is 533 g/mol. The van der Waals surface area contributed by atoms with Gasteiger partial charge in [-0.2, -0.15) is 0 Å². The second kappa shape index (κ2) is 20.8. The minimum Gasteiger partial charge on any atom is -0.550 e. The molecule has 1 fully saturated rings. The van der Waals surface area contributed by atoms with Gasteiger partial charge < -0.3 is 24.4 Å². The molecule has 0 aliphatic heterocycles. The van der Waals surface area contributed by atoms with Crippen molar-refractivity contribution >= 4 is 12.1 Å². The maximum atomic E-state index is 11.6. The summed E-state index contributed by atoms with van der Waals surface area (Å²) in [5.41, 5.74) is 0.946. The van der Waals surface area contributed by atoms with Crippen molar-refractivity contribution in [3.05, 3.63) is 35.9 Å². The van der Waals surface area contributed by atoms with Gasteiger partial charge in [0, 0.05) is 12.5 Å². The van der Waals surface area contributed by atoms with E-state index in [-0.39, 0.29) is 12.5 Å². The minimum absolute atomic E-state index is 0.254. The summed E-state index contributed by atoms with van der Waals surface area (Å²) in [5.74, 6) is -0.958. The highest BCUT2D eigenvalue weighted by atomic mass is 16.5. The van der Waals surface area contributed by atoms with Crippen molar-refractivity contribution in [3.8, 4) is 0 Å². The molecule has 6 nitrogen and oxygen atoms in total. The normalized spacial score (nSPS) is 17.3. The Morgan fingerprint density at radius 3 is 1.71 bits per heavy atom. The van der Waals surface area contributed by atoms with Crippen molar-refractivity contribution < 1.29 is 23.9 Å². The zero-order valence-corrected chi connectivity index (χ0v) is 24.8. The van der Waals surface area contributed by atoms with Crippen LogP contribution < -0.4 is 10.4 Å². The first-order chi connectivity index (χ1) is 18.4. The number of quaternary nitrogens is 1. The zero-order chi connectivity index (χ0) is 28.1. The van der Waals surface area contributed by atoms with E-state index in [1.165, 1.54) is 82.0 Å². The number of nitrogens with one attached hydrogen (secondary N) is 1. The number of benzene rings is 1. The quantitative estimate of drug-likeness (QED) is 0.233. The third-order valence-electron chi connectivity index (χ3n) is 7.87. The first kappa shape index (κ1) is 33.9. The Balaban J connectivity index is 0.000000391. The molecule has 38 heavy (non-hydrogen) atoms. The Bertz CT molecular complexity index is 695. The van der Waals surface area contributed by atoms with Crippen LogP contribution in [0.4, 0.5) is 4.79 Å². The molecule has 0 heterocycles. The number of hydrogen-bond acceptors (Lipinski definition) is 4. The summed E-state index contributed by atoms with van der Waals surface area (Å²) in [4.78, 5) is 22.3. The SMILES string of the molecule is CCCC[N+](CCCC)(CCCC)CCCC.O=C(NCC1CCC(C(=O)[O-])CC1)OCc1ccccc1. The molecule has 1 aliphatic carbocycles. The van der Waals surface area contributed by atoms with Crippen molar-refractivity contribution in [3.63, 3.8) is 0 Å². The van der Waals surface area contributed by atoms with Crippen LogP contribution in [-0.4, -0.2) is 49.3 Å². The lowest BCUT2D eigenvalue weighted by atomic mass is 9.82. The summed E-state index contributed by atoms with van der Waals surface area (Å²) in [6.07, 6.45) is 13.5. The molecule has 1 aromatic rings. The van der Waals surface area contributed by atoms with E-state index >= 15 is 0 Å². The van der Waals surface area contributed by atoms with E-state index < -0.39 is 12.1 Å². The van der Waals surface area contributed by atoms with Crippen LogP contribution in [0.15, 0.2) is 30.3 Å². The van der Waals surface area contributed by atoms with Gasteiger partial charge in [-0.25, -0.2) is 4.79 Å². The van der Waals surface area contributed by atoms with Crippen LogP contribution in [0.25, 0.3) is 0 Å². The smallest absolute Gasteiger partial charge is 0.407 e. The van der Waals surface area contributed by atoms with E-state index in [0.717, 1.165) is 18.4 Å². The van der Waals surface area contributed by atoms with Crippen LogP contribution in [-0.2, 0) is 16.1 Å². The molecule has 2 rings (SSSR count). The second-order valence-electron chi connectivity index (χ2n) is 11.1. The van der Waals surface area contributed by atoms with Crippen LogP contribution in [0.2, 0.25) is 0 Å². The highest BCUT2D eigenvalue weighted by Crippen LogP contribution is 2.28. The lowest BCUT2D eigenvalue weighted by Crippen LogP contribution is -2.50. The first-order valence-electron chi connectivity index (χ1n) is 15.4. The molecule has 1 N–H and O–H groups in total. The largest absolute Gasteiger partial charge is 0.550 e. The Kier molecular flexibility index (Phi) is 18.6. The number of carbonyl (C=O) groups is 2. The van der Waals surface area contributed by atoms with E-state index in [0.29, 0.717) is 25.3 Å². The van der Waals surface area contributed by atoms with Gasteiger partial charge in [-0.3, -0.25) is 0 Å². The monoisotopic (exact) mass is 532 g/mol. The highest BCUT2D eigenvalue weighted by molar-refractivity contribution is 5.68. The number of nitrogens with zero attached hydrogens (tertiary/aromatic N) is 1. The molecule has 1 aliphatic rings. The summed E-state index contributed by atoms with van der Waals surface area (Å²) in [6.45, 7) is 15.8. The van der Waals surface area contributed by atoms with Crippen molar-refractivity contribution in [1.82, 2.24) is 5.32 Å². The van der Waals surface area contributed by atoms with Crippen LogP contribution >= 0.6 is 0 Å². The van der Waals surface area contributed by atoms with E-state index in [2.05, 4.69) is 33.0 Å².